The van der Waals surface area contributed by atoms with Gasteiger partial charge in [-0.05, 0) is 31.9 Å². The maximum atomic E-state index is 4.81. The number of nitrogens with zero attached hydrogens (tertiary/aromatic N) is 2. The van der Waals surface area contributed by atoms with Gasteiger partial charge in [0.2, 0.25) is 0 Å². The van der Waals surface area contributed by atoms with Crippen LogP contribution in [0, 0.1) is 6.92 Å². The van der Waals surface area contributed by atoms with Crippen LogP contribution in [-0.4, -0.2) is 23.7 Å². The topological polar surface area (TPSA) is 15.6 Å². The first-order valence-electron chi connectivity index (χ1n) is 6.50. The number of aliphatic imine (C=N–C) groups is 1. The fourth-order valence-electron chi connectivity index (χ4n) is 3.31. The van der Waals surface area contributed by atoms with Gasteiger partial charge >= 0.3 is 0 Å². The van der Waals surface area contributed by atoms with Crippen molar-refractivity contribution in [2.75, 3.05) is 13.1 Å². The fourth-order valence-corrected chi connectivity index (χ4v) is 3.31. The predicted octanol–water partition coefficient (Wildman–Crippen LogP) is 3.29. The van der Waals surface area contributed by atoms with E-state index in [0.717, 1.165) is 6.42 Å². The molecule has 0 N–H and O–H groups in total. The molecule has 0 saturated carbocycles. The molecule has 3 heterocycles. The highest BCUT2D eigenvalue weighted by molar-refractivity contribution is 6.30. The van der Waals surface area contributed by atoms with E-state index in [1.54, 1.807) is 5.70 Å². The number of aryl methyl sites for hydroxylation is 1. The molecule has 1 aromatic carbocycles. The summed E-state index contributed by atoms with van der Waals surface area (Å²) >= 11 is 0. The van der Waals surface area contributed by atoms with Gasteiger partial charge < -0.3 is 4.90 Å². The van der Waals surface area contributed by atoms with Gasteiger partial charge in [0.1, 0.15) is 0 Å². The van der Waals surface area contributed by atoms with Crippen LogP contribution in [0.4, 0.5) is 5.69 Å². The van der Waals surface area contributed by atoms with Crippen LogP contribution in [0.2, 0.25) is 0 Å². The monoisotopic (exact) mass is 224 g/mol. The van der Waals surface area contributed by atoms with E-state index in [1.807, 2.05) is 0 Å². The van der Waals surface area contributed by atoms with Crippen molar-refractivity contribution in [3.8, 4) is 0 Å². The second kappa shape index (κ2) is 3.22. The average Bonchev–Trinajstić information content (AvgIpc) is 2.90. The predicted molar refractivity (Wildman–Crippen MR) is 70.6 cm³/mol. The molecule has 1 aromatic rings. The van der Waals surface area contributed by atoms with Gasteiger partial charge in [0.15, 0.2) is 0 Å². The van der Waals surface area contributed by atoms with Gasteiger partial charge in [-0.25, -0.2) is 0 Å². The summed E-state index contributed by atoms with van der Waals surface area (Å²) in [6.07, 6.45) is 3.67. The Labute approximate surface area is 102 Å². The quantitative estimate of drug-likeness (QED) is 0.660. The zero-order valence-corrected chi connectivity index (χ0v) is 10.2. The van der Waals surface area contributed by atoms with Gasteiger partial charge in [0.25, 0.3) is 0 Å². The maximum absolute atomic E-state index is 4.81. The molecule has 2 heteroatoms. The Morgan fingerprint density at radius 1 is 1.18 bits per heavy atom. The van der Waals surface area contributed by atoms with E-state index in [4.69, 9.17) is 4.99 Å². The van der Waals surface area contributed by atoms with Crippen molar-refractivity contribution in [3.63, 3.8) is 0 Å². The van der Waals surface area contributed by atoms with E-state index in [0.29, 0.717) is 0 Å². The minimum absolute atomic E-state index is 1.12. The van der Waals surface area contributed by atoms with Crippen molar-refractivity contribution in [1.29, 1.82) is 0 Å². The fraction of sp³-hybridized carbons (Fsp3) is 0.400. The van der Waals surface area contributed by atoms with Crippen molar-refractivity contribution in [3.05, 3.63) is 35.0 Å². The molecule has 0 aliphatic carbocycles. The van der Waals surface area contributed by atoms with E-state index in [2.05, 4.69) is 30.0 Å². The number of benzene rings is 1. The lowest BCUT2D eigenvalue weighted by Gasteiger charge is -2.27. The van der Waals surface area contributed by atoms with Crippen LogP contribution in [-0.2, 0) is 0 Å². The molecule has 1 fully saturated rings. The number of hydrogen-bond acceptors (Lipinski definition) is 2. The summed E-state index contributed by atoms with van der Waals surface area (Å²) in [4.78, 5) is 7.37. The van der Waals surface area contributed by atoms with E-state index in [-0.39, 0.29) is 0 Å². The molecule has 4 rings (SSSR count). The molecule has 0 spiro atoms. The van der Waals surface area contributed by atoms with Crippen molar-refractivity contribution in [1.82, 2.24) is 4.90 Å². The van der Waals surface area contributed by atoms with E-state index < -0.39 is 0 Å². The first kappa shape index (κ1) is 9.46. The molecule has 3 aliphatic rings. The molecule has 17 heavy (non-hydrogen) atoms. The third-order valence-corrected chi connectivity index (χ3v) is 4.10. The molecule has 0 radical (unpaired) electrons. The van der Waals surface area contributed by atoms with Crippen molar-refractivity contribution >= 4 is 17.0 Å². The molecular formula is C15H16N2. The Bertz CT molecular complexity index is 566. The molecule has 2 nitrogen and oxygen atoms in total. The van der Waals surface area contributed by atoms with Crippen LogP contribution in [0.5, 0.6) is 0 Å². The summed E-state index contributed by atoms with van der Waals surface area (Å²) in [5.74, 6) is 0. The van der Waals surface area contributed by atoms with Crippen LogP contribution in [0.25, 0.3) is 5.57 Å². The van der Waals surface area contributed by atoms with Crippen LogP contribution < -0.4 is 0 Å². The number of rotatable bonds is 0. The molecular weight excluding hydrogens is 208 g/mol. The van der Waals surface area contributed by atoms with Crippen LogP contribution in [0.3, 0.4) is 0 Å². The van der Waals surface area contributed by atoms with Gasteiger partial charge in [0, 0.05) is 36.3 Å². The highest BCUT2D eigenvalue weighted by Crippen LogP contribution is 2.43. The summed E-state index contributed by atoms with van der Waals surface area (Å²) in [5, 5.41) is 0. The van der Waals surface area contributed by atoms with E-state index in [9.17, 15) is 0 Å². The first-order valence-corrected chi connectivity index (χ1v) is 6.50. The summed E-state index contributed by atoms with van der Waals surface area (Å²) < 4.78 is 0. The molecule has 0 bridgehead atoms. The van der Waals surface area contributed by atoms with Gasteiger partial charge in [-0.2, -0.15) is 0 Å². The molecule has 0 atom stereocenters. The smallest absolute Gasteiger partial charge is 0.0713 e. The number of hydrogen-bond donors (Lipinski definition) is 0. The lowest BCUT2D eigenvalue weighted by molar-refractivity contribution is 0.401. The largest absolute Gasteiger partial charge is 0.374 e. The SMILES string of the molecule is Cc1ccc2c(c1)C1=C3CCCN3CCC1=N2. The number of fused-ring (bicyclic) bond motifs is 4. The molecule has 0 amide bonds. The highest BCUT2D eigenvalue weighted by atomic mass is 15.2. The molecule has 3 aliphatic heterocycles. The molecule has 1 saturated heterocycles. The summed E-state index contributed by atoms with van der Waals surface area (Å²) in [6.45, 7) is 4.58. The van der Waals surface area contributed by atoms with E-state index in [1.165, 1.54) is 54.0 Å². The molecule has 0 aromatic heterocycles. The van der Waals surface area contributed by atoms with Gasteiger partial charge in [-0.1, -0.05) is 11.6 Å². The van der Waals surface area contributed by atoms with Gasteiger partial charge in [-0.15, -0.1) is 0 Å². The minimum Gasteiger partial charge on any atom is -0.374 e. The summed E-state index contributed by atoms with van der Waals surface area (Å²) in [5.41, 5.74) is 8.25. The maximum Gasteiger partial charge on any atom is 0.0713 e. The molecule has 86 valence electrons. The Hall–Kier alpha value is -1.57. The lowest BCUT2D eigenvalue weighted by Crippen LogP contribution is -2.27. The van der Waals surface area contributed by atoms with Crippen molar-refractivity contribution in [2.45, 2.75) is 26.2 Å². The highest BCUT2D eigenvalue weighted by Gasteiger charge is 2.32. The zero-order valence-electron chi connectivity index (χ0n) is 10.2. The second-order valence-corrected chi connectivity index (χ2v) is 5.24. The molecule has 0 unspecified atom stereocenters. The van der Waals surface area contributed by atoms with Gasteiger partial charge in [-0.3, -0.25) is 4.99 Å². The van der Waals surface area contributed by atoms with Crippen LogP contribution >= 0.6 is 0 Å². The van der Waals surface area contributed by atoms with Crippen LogP contribution in [0.1, 0.15) is 30.4 Å². The zero-order chi connectivity index (χ0) is 11.4. The Morgan fingerprint density at radius 3 is 3.06 bits per heavy atom. The van der Waals surface area contributed by atoms with Crippen LogP contribution in [0.15, 0.2) is 28.9 Å². The second-order valence-electron chi connectivity index (χ2n) is 5.24. The van der Waals surface area contributed by atoms with Crippen molar-refractivity contribution in [2.24, 2.45) is 4.99 Å². The third-order valence-electron chi connectivity index (χ3n) is 4.10. The normalized spacial score (nSPS) is 21.2. The number of allylic oxidation sites excluding steroid dienone is 2. The Kier molecular flexibility index (Phi) is 1.79. The summed E-state index contributed by atoms with van der Waals surface area (Å²) in [7, 11) is 0. The summed E-state index contributed by atoms with van der Waals surface area (Å²) in [6, 6.07) is 6.64. The third kappa shape index (κ3) is 1.24. The minimum atomic E-state index is 1.12. The van der Waals surface area contributed by atoms with E-state index >= 15 is 0 Å². The van der Waals surface area contributed by atoms with Crippen molar-refractivity contribution < 1.29 is 0 Å². The Morgan fingerprint density at radius 2 is 2.12 bits per heavy atom. The Balaban J connectivity index is 1.98. The van der Waals surface area contributed by atoms with Gasteiger partial charge in [0.05, 0.1) is 11.4 Å². The first-order chi connectivity index (χ1) is 8.33. The lowest BCUT2D eigenvalue weighted by atomic mass is 9.94. The standard InChI is InChI=1S/C15H16N2/c1-10-4-5-12-11(9-10)15-13(16-12)6-8-17-7-2-3-14(15)17/h4-5,9H,2-3,6-8H2,1H3. The average molecular weight is 224 g/mol.